The maximum absolute atomic E-state index is 11.6. The molecule has 1 aliphatic heterocycles. The molecule has 6 rings (SSSR count). The van der Waals surface area contributed by atoms with Crippen molar-refractivity contribution in [2.75, 3.05) is 16.8 Å². The molecule has 1 saturated carbocycles. The Morgan fingerprint density at radius 2 is 1.86 bits per heavy atom. The molecule has 3 aromatic heterocycles. The maximum atomic E-state index is 11.6. The van der Waals surface area contributed by atoms with Crippen LogP contribution in [0.15, 0.2) is 54.7 Å². The fraction of sp³-hybridized carbons (Fsp3) is 0.333. The monoisotopic (exact) mass is 496 g/mol. The molecular weight excluding hydrogens is 468 g/mol. The van der Waals surface area contributed by atoms with Gasteiger partial charge in [-0.2, -0.15) is 0 Å². The van der Waals surface area contributed by atoms with Crippen LogP contribution in [-0.2, 0) is 11.3 Å². The number of anilines is 2. The fourth-order valence-corrected chi connectivity index (χ4v) is 4.68. The molecule has 1 saturated heterocycles. The van der Waals surface area contributed by atoms with Crippen LogP contribution in [0.25, 0.3) is 22.6 Å². The first-order valence-corrected chi connectivity index (χ1v) is 12.6. The van der Waals surface area contributed by atoms with Gasteiger partial charge in [0.25, 0.3) is 0 Å². The molecule has 0 spiro atoms. The summed E-state index contributed by atoms with van der Waals surface area (Å²) in [4.78, 5) is 27.7. The van der Waals surface area contributed by atoms with Gasteiger partial charge in [-0.15, -0.1) is 5.10 Å². The summed E-state index contributed by atoms with van der Waals surface area (Å²) < 4.78 is 1.72. The Kier molecular flexibility index (Phi) is 5.99. The molecule has 37 heavy (non-hydrogen) atoms. The molecule has 0 unspecified atom stereocenters. The van der Waals surface area contributed by atoms with Crippen LogP contribution in [0.2, 0.25) is 0 Å². The predicted octanol–water partition coefficient (Wildman–Crippen LogP) is 3.78. The molecule has 10 heteroatoms. The Morgan fingerprint density at radius 3 is 2.68 bits per heavy atom. The van der Waals surface area contributed by atoms with Crippen LogP contribution in [0.1, 0.15) is 36.9 Å². The number of rotatable bonds is 8. The highest BCUT2D eigenvalue weighted by Gasteiger charge is 2.31. The summed E-state index contributed by atoms with van der Waals surface area (Å²) in [5, 5.41) is 21.6. The number of benzene rings is 1. The summed E-state index contributed by atoms with van der Waals surface area (Å²) in [7, 11) is 0. The van der Waals surface area contributed by atoms with Crippen molar-refractivity contribution in [3.05, 3.63) is 66.0 Å². The average Bonchev–Trinajstić information content (AvgIpc) is 3.36. The number of aryl methyl sites for hydroxylation is 1. The fourth-order valence-electron chi connectivity index (χ4n) is 4.68. The van der Waals surface area contributed by atoms with Crippen molar-refractivity contribution in [2.45, 2.75) is 51.2 Å². The van der Waals surface area contributed by atoms with Gasteiger partial charge in [0.2, 0.25) is 5.95 Å². The number of hydrogen-bond acceptors (Lipinski definition) is 8. The molecule has 2 aliphatic rings. The van der Waals surface area contributed by atoms with Gasteiger partial charge in [0.05, 0.1) is 29.8 Å². The van der Waals surface area contributed by atoms with Crippen molar-refractivity contribution in [2.24, 2.45) is 0 Å². The quantitative estimate of drug-likeness (QED) is 0.375. The lowest BCUT2D eigenvalue weighted by molar-refractivity contribution is -0.138. The minimum Gasteiger partial charge on any atom is -0.480 e. The number of nitrogens with zero attached hydrogens (tertiary/aromatic N) is 7. The van der Waals surface area contributed by atoms with Gasteiger partial charge in [0, 0.05) is 18.2 Å². The summed E-state index contributed by atoms with van der Waals surface area (Å²) in [5.41, 5.74) is 5.15. The molecule has 1 aromatic carbocycles. The third-order valence-corrected chi connectivity index (χ3v) is 6.70. The Labute approximate surface area is 214 Å². The topological polar surface area (TPSA) is 122 Å². The van der Waals surface area contributed by atoms with Gasteiger partial charge in [-0.25, -0.2) is 24.4 Å². The largest absolute Gasteiger partial charge is 0.480 e. The summed E-state index contributed by atoms with van der Waals surface area (Å²) in [5.74, 6) is 0.465. The molecule has 10 nitrogen and oxygen atoms in total. The van der Waals surface area contributed by atoms with Crippen LogP contribution in [0.4, 0.5) is 11.8 Å². The zero-order chi connectivity index (χ0) is 25.4. The first-order valence-electron chi connectivity index (χ1n) is 12.6. The lowest BCUT2D eigenvalue weighted by Gasteiger charge is -2.22. The summed E-state index contributed by atoms with van der Waals surface area (Å²) in [6.45, 7) is 3.17. The van der Waals surface area contributed by atoms with Crippen molar-refractivity contribution in [3.63, 3.8) is 0 Å². The summed E-state index contributed by atoms with van der Waals surface area (Å²) in [6, 6.07) is 15.8. The maximum Gasteiger partial charge on any atom is 0.326 e. The number of nitrogens with one attached hydrogen (secondary N) is 1. The van der Waals surface area contributed by atoms with Crippen LogP contribution < -0.4 is 10.2 Å². The third kappa shape index (κ3) is 5.13. The molecule has 0 bridgehead atoms. The zero-order valence-electron chi connectivity index (χ0n) is 20.6. The van der Waals surface area contributed by atoms with E-state index in [1.165, 1.54) is 5.56 Å². The minimum absolute atomic E-state index is 0.412. The van der Waals surface area contributed by atoms with Gasteiger partial charge in [-0.05, 0) is 56.9 Å². The van der Waals surface area contributed by atoms with Crippen LogP contribution in [0, 0.1) is 6.92 Å². The zero-order valence-corrected chi connectivity index (χ0v) is 20.6. The van der Waals surface area contributed by atoms with Crippen LogP contribution in [-0.4, -0.2) is 59.7 Å². The lowest BCUT2D eigenvalue weighted by atomic mass is 10.1. The standard InChI is InChI=1S/C27H28N8O2/c1-17-5-2-6-18(13-17)21-14-22(31-27(30-21)29-19-10-11-19)23-16-34(33-32-23)15-20-7-3-9-25(28-20)35-12-4-8-24(35)26(36)37/h2-3,5-7,9,13-14,16,19,24H,4,8,10-12,15H2,1H3,(H,36,37)(H,29,30,31)/t24-/m0/s1. The first kappa shape index (κ1) is 23.1. The molecule has 4 aromatic rings. The smallest absolute Gasteiger partial charge is 0.326 e. The molecule has 0 amide bonds. The number of hydrogen-bond donors (Lipinski definition) is 2. The van der Waals surface area contributed by atoms with Crippen molar-refractivity contribution in [1.29, 1.82) is 0 Å². The molecule has 4 heterocycles. The molecule has 1 aliphatic carbocycles. The van der Waals surface area contributed by atoms with E-state index in [0.29, 0.717) is 48.7 Å². The van der Waals surface area contributed by atoms with Gasteiger partial charge in [-0.1, -0.05) is 35.0 Å². The first-order chi connectivity index (χ1) is 18.0. The van der Waals surface area contributed by atoms with Crippen LogP contribution in [0.5, 0.6) is 0 Å². The second-order valence-electron chi connectivity index (χ2n) is 9.73. The molecule has 2 N–H and O–H groups in total. The van der Waals surface area contributed by atoms with Gasteiger partial charge >= 0.3 is 5.97 Å². The van der Waals surface area contributed by atoms with E-state index in [-0.39, 0.29) is 0 Å². The van der Waals surface area contributed by atoms with E-state index >= 15 is 0 Å². The van der Waals surface area contributed by atoms with E-state index in [2.05, 4.69) is 34.7 Å². The number of aromatic nitrogens is 6. The van der Waals surface area contributed by atoms with E-state index in [4.69, 9.17) is 15.0 Å². The number of carboxylic acid groups (broad SMARTS) is 1. The van der Waals surface area contributed by atoms with Crippen LogP contribution >= 0.6 is 0 Å². The average molecular weight is 497 g/mol. The molecule has 1 atom stereocenters. The number of carboxylic acids is 1. The Bertz CT molecular complexity index is 1450. The van der Waals surface area contributed by atoms with E-state index in [9.17, 15) is 9.90 Å². The van der Waals surface area contributed by atoms with Crippen LogP contribution in [0.3, 0.4) is 0 Å². The van der Waals surface area contributed by atoms with Crippen molar-refractivity contribution < 1.29 is 9.90 Å². The number of pyridine rings is 1. The Morgan fingerprint density at radius 1 is 1.03 bits per heavy atom. The van der Waals surface area contributed by atoms with Crippen molar-refractivity contribution >= 4 is 17.7 Å². The number of carbonyl (C=O) groups is 1. The molecule has 0 radical (unpaired) electrons. The van der Waals surface area contributed by atoms with Crippen molar-refractivity contribution in [3.8, 4) is 22.6 Å². The summed E-state index contributed by atoms with van der Waals surface area (Å²) >= 11 is 0. The minimum atomic E-state index is -0.809. The van der Waals surface area contributed by atoms with Gasteiger partial charge in [0.1, 0.15) is 17.6 Å². The highest BCUT2D eigenvalue weighted by molar-refractivity contribution is 5.78. The second kappa shape index (κ2) is 9.61. The van der Waals surface area contributed by atoms with Crippen molar-refractivity contribution in [1.82, 2.24) is 29.9 Å². The molecule has 2 fully saturated rings. The molecule has 188 valence electrons. The Hall–Kier alpha value is -4.34. The predicted molar refractivity (Wildman–Crippen MR) is 139 cm³/mol. The van der Waals surface area contributed by atoms with E-state index in [1.807, 2.05) is 47.5 Å². The second-order valence-corrected chi connectivity index (χ2v) is 9.73. The van der Waals surface area contributed by atoms with E-state index in [0.717, 1.165) is 36.2 Å². The van der Waals surface area contributed by atoms with Gasteiger partial charge in [-0.3, -0.25) is 0 Å². The van der Waals surface area contributed by atoms with Gasteiger partial charge < -0.3 is 15.3 Å². The lowest BCUT2D eigenvalue weighted by Crippen LogP contribution is -2.36. The highest BCUT2D eigenvalue weighted by atomic mass is 16.4. The SMILES string of the molecule is Cc1cccc(-c2cc(-c3cn(Cc4cccc(N5CCC[C@H]5C(=O)O)n4)nn3)nc(NC3CC3)n2)c1. The normalized spacial score (nSPS) is 17.2. The number of aliphatic carboxylic acids is 1. The highest BCUT2D eigenvalue weighted by Crippen LogP contribution is 2.28. The van der Waals surface area contributed by atoms with E-state index < -0.39 is 12.0 Å². The van der Waals surface area contributed by atoms with E-state index in [1.54, 1.807) is 4.68 Å². The summed E-state index contributed by atoms with van der Waals surface area (Å²) in [6.07, 6.45) is 5.58. The van der Waals surface area contributed by atoms with Gasteiger partial charge in [0.15, 0.2) is 0 Å². The molecular formula is C27H28N8O2. The Balaban J connectivity index is 1.26. The third-order valence-electron chi connectivity index (χ3n) is 6.70.